The van der Waals surface area contributed by atoms with Gasteiger partial charge in [0, 0.05) is 32.7 Å². The zero-order chi connectivity index (χ0) is 35.8. The van der Waals surface area contributed by atoms with Gasteiger partial charge in [0.05, 0.1) is 30.9 Å². The number of benzene rings is 6. The molecule has 0 atom stereocenters. The minimum atomic E-state index is -0.229. The number of nitriles is 1. The lowest BCUT2D eigenvalue weighted by Gasteiger charge is -2.11. The summed E-state index contributed by atoms with van der Waals surface area (Å²) >= 11 is 0. The Morgan fingerprint density at radius 1 is 0.565 bits per heavy atom. The molecular weight excluding hydrogens is 566 g/mol. The van der Waals surface area contributed by atoms with Gasteiger partial charge in [-0.15, -0.1) is 0 Å². The fourth-order valence-electron chi connectivity index (χ4n) is 5.88. The monoisotopic (exact) mass is 595 g/mol. The smallest absolute Gasteiger partial charge is 0.238 e. The van der Waals surface area contributed by atoms with E-state index >= 15 is 0 Å². The van der Waals surface area contributed by atoms with Crippen LogP contribution in [0, 0.1) is 11.3 Å². The molecule has 0 bridgehead atoms. The fraction of sp³-hybridized carbons (Fsp3) is 0. The fourth-order valence-corrected chi connectivity index (χ4v) is 5.88. The molecule has 6 nitrogen and oxygen atoms in total. The first kappa shape index (κ1) is 20.4. The van der Waals surface area contributed by atoms with Gasteiger partial charge in [0.25, 0.3) is 0 Å². The van der Waals surface area contributed by atoms with Gasteiger partial charge in [-0.1, -0.05) is 90.9 Å². The molecule has 214 valence electrons. The Bertz CT molecular complexity index is 2930. The van der Waals surface area contributed by atoms with Crippen molar-refractivity contribution in [1.29, 1.82) is 5.26 Å². The molecule has 0 aliphatic heterocycles. The van der Waals surface area contributed by atoms with Gasteiger partial charge in [-0.2, -0.15) is 15.2 Å². The van der Waals surface area contributed by atoms with Crippen LogP contribution in [-0.4, -0.2) is 19.5 Å². The van der Waals surface area contributed by atoms with Crippen LogP contribution in [0.5, 0.6) is 0 Å². The molecular formula is C40H23N5O. The molecule has 0 amide bonds. The van der Waals surface area contributed by atoms with Crippen molar-refractivity contribution in [2.45, 2.75) is 0 Å². The lowest BCUT2D eigenvalue weighted by molar-refractivity contribution is 0.669. The van der Waals surface area contributed by atoms with Crippen molar-refractivity contribution in [2.75, 3.05) is 0 Å². The molecule has 0 N–H and O–H groups in total. The van der Waals surface area contributed by atoms with Crippen LogP contribution in [0.1, 0.15) is 13.8 Å². The summed E-state index contributed by atoms with van der Waals surface area (Å²) in [5.74, 6) is 0.579. The topological polar surface area (TPSA) is 80.5 Å². The average Bonchev–Trinajstić information content (AvgIpc) is 3.73. The maximum absolute atomic E-state index is 9.29. The molecule has 6 heteroatoms. The van der Waals surface area contributed by atoms with Crippen LogP contribution < -0.4 is 0 Å². The third-order valence-corrected chi connectivity index (χ3v) is 8.06. The zero-order valence-electron chi connectivity index (χ0n) is 30.0. The number of nitrogens with zero attached hydrogens (tertiary/aromatic N) is 5. The standard InChI is InChI=1S/C40H23N5O/c41-24-25-16-18-26(19-17-25)27-8-7-9-28(22-27)38-42-39(29-20-21-33-32-12-3-6-15-36(32)46-37(33)23-29)44-40(43-38)45-34-13-4-1-10-30(34)31-11-2-5-14-35(31)45/h1-23H/i1D,2D,10D,11D,13D,14D. The first-order valence-corrected chi connectivity index (χ1v) is 14.5. The summed E-state index contributed by atoms with van der Waals surface area (Å²) in [6, 6.07) is 31.8. The summed E-state index contributed by atoms with van der Waals surface area (Å²) in [6.45, 7) is 0. The van der Waals surface area contributed by atoms with E-state index in [0.717, 1.165) is 27.5 Å². The number of aromatic nitrogens is 4. The highest BCUT2D eigenvalue weighted by Gasteiger charge is 2.18. The van der Waals surface area contributed by atoms with Crippen LogP contribution in [-0.2, 0) is 0 Å². The normalized spacial score (nSPS) is 13.3. The highest BCUT2D eigenvalue weighted by atomic mass is 16.3. The molecule has 3 aromatic heterocycles. The van der Waals surface area contributed by atoms with Crippen molar-refractivity contribution in [2.24, 2.45) is 0 Å². The van der Waals surface area contributed by atoms with Gasteiger partial charge in [0.1, 0.15) is 11.2 Å². The van der Waals surface area contributed by atoms with E-state index < -0.39 is 0 Å². The van der Waals surface area contributed by atoms with Crippen LogP contribution in [0.15, 0.2) is 144 Å². The molecule has 0 saturated heterocycles. The van der Waals surface area contributed by atoms with E-state index in [4.69, 9.17) is 27.6 Å². The lowest BCUT2D eigenvalue weighted by atomic mass is 10.0. The Morgan fingerprint density at radius 3 is 1.96 bits per heavy atom. The van der Waals surface area contributed by atoms with Crippen LogP contribution in [0.2, 0.25) is 0 Å². The summed E-state index contributed by atoms with van der Waals surface area (Å²) in [7, 11) is 0. The number of fused-ring (bicyclic) bond motifs is 6. The molecule has 0 aliphatic carbocycles. The van der Waals surface area contributed by atoms with Crippen LogP contribution in [0.25, 0.3) is 83.6 Å². The Morgan fingerprint density at radius 2 is 1.22 bits per heavy atom. The molecule has 6 aromatic carbocycles. The zero-order valence-corrected chi connectivity index (χ0v) is 24.0. The van der Waals surface area contributed by atoms with Gasteiger partial charge in [-0.25, -0.2) is 4.98 Å². The predicted octanol–water partition coefficient (Wildman–Crippen LogP) is 9.74. The molecule has 9 aromatic rings. The minimum Gasteiger partial charge on any atom is -0.456 e. The van der Waals surface area contributed by atoms with Crippen molar-refractivity contribution in [3.05, 3.63) is 145 Å². The van der Waals surface area contributed by atoms with E-state index in [1.807, 2.05) is 78.9 Å². The molecule has 0 spiro atoms. The Kier molecular flexibility index (Phi) is 4.55. The van der Waals surface area contributed by atoms with Crippen LogP contribution in [0.3, 0.4) is 0 Å². The molecule has 0 unspecified atom stereocenters. The third kappa shape index (κ3) is 4.15. The Hall–Kier alpha value is -6.58. The van der Waals surface area contributed by atoms with Gasteiger partial charge in [-0.3, -0.25) is 4.57 Å². The number of rotatable bonds is 4. The second kappa shape index (κ2) is 10.3. The summed E-state index contributed by atoms with van der Waals surface area (Å²) in [6.07, 6.45) is 0. The first-order chi connectivity index (χ1) is 25.2. The lowest BCUT2D eigenvalue weighted by Crippen LogP contribution is -2.06. The molecule has 46 heavy (non-hydrogen) atoms. The van der Waals surface area contributed by atoms with E-state index in [2.05, 4.69) is 6.07 Å². The van der Waals surface area contributed by atoms with Crippen molar-refractivity contribution >= 4 is 43.7 Å². The van der Waals surface area contributed by atoms with Crippen molar-refractivity contribution < 1.29 is 12.6 Å². The first-order valence-electron chi connectivity index (χ1n) is 17.5. The predicted molar refractivity (Wildman–Crippen MR) is 182 cm³/mol. The largest absolute Gasteiger partial charge is 0.456 e. The number of hydrogen-bond donors (Lipinski definition) is 0. The molecule has 0 radical (unpaired) electrons. The van der Waals surface area contributed by atoms with Crippen molar-refractivity contribution in [1.82, 2.24) is 19.5 Å². The quantitative estimate of drug-likeness (QED) is 0.202. The van der Waals surface area contributed by atoms with Crippen LogP contribution >= 0.6 is 0 Å². The van der Waals surface area contributed by atoms with Gasteiger partial charge in [-0.05, 0) is 59.6 Å². The van der Waals surface area contributed by atoms with E-state index in [-0.39, 0.29) is 75.7 Å². The van der Waals surface area contributed by atoms with Gasteiger partial charge < -0.3 is 4.42 Å². The van der Waals surface area contributed by atoms with Crippen molar-refractivity contribution in [3.8, 4) is 45.9 Å². The number of hydrogen-bond acceptors (Lipinski definition) is 5. The maximum Gasteiger partial charge on any atom is 0.238 e. The van der Waals surface area contributed by atoms with E-state index in [0.29, 0.717) is 22.3 Å². The highest BCUT2D eigenvalue weighted by molar-refractivity contribution is 6.09. The van der Waals surface area contributed by atoms with Crippen LogP contribution in [0.4, 0.5) is 0 Å². The van der Waals surface area contributed by atoms with Gasteiger partial charge >= 0.3 is 0 Å². The number of para-hydroxylation sites is 3. The maximum atomic E-state index is 9.29. The average molecular weight is 596 g/mol. The number of furan rings is 1. The molecule has 0 fully saturated rings. The second-order valence-corrected chi connectivity index (χ2v) is 10.8. The highest BCUT2D eigenvalue weighted by Crippen LogP contribution is 2.35. The summed E-state index contributed by atoms with van der Waals surface area (Å²) < 4.78 is 60.0. The summed E-state index contributed by atoms with van der Waals surface area (Å²) in [5, 5.41) is 11.4. The molecule has 0 aliphatic rings. The van der Waals surface area contributed by atoms with E-state index in [9.17, 15) is 5.26 Å². The SMILES string of the molecule is [2H]c1cc([2H])c2c(c1[2H])c1c([2H])c([2H])cc([2H])c1n2-c1nc(-c2cccc(-c3ccc(C#N)cc3)c2)nc(-c2ccc3c(c2)oc2ccccc23)n1. The van der Waals surface area contributed by atoms with Gasteiger partial charge in [0.2, 0.25) is 5.95 Å². The Labute approximate surface area is 271 Å². The van der Waals surface area contributed by atoms with E-state index in [1.165, 1.54) is 16.7 Å². The molecule has 9 rings (SSSR count). The minimum absolute atomic E-state index is 0.0322. The second-order valence-electron chi connectivity index (χ2n) is 10.8. The van der Waals surface area contributed by atoms with E-state index in [1.54, 1.807) is 12.1 Å². The third-order valence-electron chi connectivity index (χ3n) is 8.06. The van der Waals surface area contributed by atoms with Crippen molar-refractivity contribution in [3.63, 3.8) is 0 Å². The molecule has 3 heterocycles. The summed E-state index contributed by atoms with van der Waals surface area (Å²) in [5.41, 5.74) is 5.20. The Balaban J connectivity index is 1.35. The summed E-state index contributed by atoms with van der Waals surface area (Å²) in [4.78, 5) is 14.7. The molecule has 0 saturated carbocycles. The van der Waals surface area contributed by atoms with Gasteiger partial charge in [0.15, 0.2) is 11.6 Å².